The normalized spacial score (nSPS) is 10.3. The summed E-state index contributed by atoms with van der Waals surface area (Å²) in [5, 5.41) is 2.54. The zero-order chi connectivity index (χ0) is 12.4. The summed E-state index contributed by atoms with van der Waals surface area (Å²) < 4.78 is 39.0. The lowest BCUT2D eigenvalue weighted by Gasteiger charge is -2.09. The third-order valence-corrected chi connectivity index (χ3v) is 2.14. The molecule has 0 aliphatic carbocycles. The fourth-order valence-corrected chi connectivity index (χ4v) is 1.29. The van der Waals surface area contributed by atoms with Crippen LogP contribution in [0, 0.1) is 17.5 Å². The van der Waals surface area contributed by atoms with E-state index in [0.717, 1.165) is 12.1 Å². The minimum absolute atomic E-state index is 0.136. The third kappa shape index (κ3) is 2.15. The van der Waals surface area contributed by atoms with Crippen LogP contribution in [0.25, 0.3) is 0 Å². The number of anilines is 3. The van der Waals surface area contributed by atoms with Crippen molar-refractivity contribution in [2.75, 3.05) is 11.1 Å². The molecule has 0 aliphatic heterocycles. The van der Waals surface area contributed by atoms with E-state index in [1.807, 2.05) is 0 Å². The highest BCUT2D eigenvalue weighted by molar-refractivity contribution is 5.69. The van der Waals surface area contributed by atoms with Crippen molar-refractivity contribution < 1.29 is 13.2 Å². The van der Waals surface area contributed by atoms with Gasteiger partial charge in [0, 0.05) is 6.20 Å². The van der Waals surface area contributed by atoms with E-state index < -0.39 is 17.5 Å². The van der Waals surface area contributed by atoms with Crippen molar-refractivity contribution in [1.82, 2.24) is 4.98 Å². The highest BCUT2D eigenvalue weighted by atomic mass is 19.2. The maximum Gasteiger partial charge on any atom is 0.196 e. The summed E-state index contributed by atoms with van der Waals surface area (Å²) in [5.74, 6) is -3.94. The first-order valence-electron chi connectivity index (χ1n) is 4.70. The quantitative estimate of drug-likeness (QED) is 0.792. The van der Waals surface area contributed by atoms with E-state index in [0.29, 0.717) is 5.69 Å². The molecule has 3 N–H and O–H groups in total. The van der Waals surface area contributed by atoms with E-state index in [2.05, 4.69) is 10.3 Å². The van der Waals surface area contributed by atoms with Crippen LogP contribution in [-0.2, 0) is 0 Å². The number of nitrogen functional groups attached to an aromatic ring is 1. The highest BCUT2D eigenvalue weighted by Gasteiger charge is 2.13. The van der Waals surface area contributed by atoms with Crippen LogP contribution in [0.4, 0.5) is 30.4 Å². The van der Waals surface area contributed by atoms with E-state index in [9.17, 15) is 13.2 Å². The zero-order valence-electron chi connectivity index (χ0n) is 8.55. The molecule has 88 valence electrons. The molecule has 0 bridgehead atoms. The van der Waals surface area contributed by atoms with Gasteiger partial charge in [-0.15, -0.1) is 0 Å². The molecule has 1 aromatic heterocycles. The van der Waals surface area contributed by atoms with Crippen LogP contribution in [0.15, 0.2) is 30.5 Å². The zero-order valence-corrected chi connectivity index (χ0v) is 8.55. The topological polar surface area (TPSA) is 50.9 Å². The number of halogens is 3. The maximum absolute atomic E-state index is 13.3. The molecule has 1 heterocycles. The Hall–Kier alpha value is -2.24. The van der Waals surface area contributed by atoms with Gasteiger partial charge in [0.2, 0.25) is 0 Å². The largest absolute Gasteiger partial charge is 0.382 e. The lowest BCUT2D eigenvalue weighted by Crippen LogP contribution is -2.02. The smallest absolute Gasteiger partial charge is 0.196 e. The van der Waals surface area contributed by atoms with Crippen molar-refractivity contribution in [2.45, 2.75) is 0 Å². The molecule has 2 rings (SSSR count). The first kappa shape index (κ1) is 11.3. The Kier molecular flexibility index (Phi) is 2.86. The molecule has 0 saturated heterocycles. The van der Waals surface area contributed by atoms with Crippen LogP contribution in [-0.4, -0.2) is 4.98 Å². The van der Waals surface area contributed by atoms with E-state index in [4.69, 9.17) is 5.73 Å². The van der Waals surface area contributed by atoms with Crippen molar-refractivity contribution in [2.24, 2.45) is 0 Å². The molecule has 0 unspecified atom stereocenters. The van der Waals surface area contributed by atoms with E-state index in [1.54, 1.807) is 12.1 Å². The summed E-state index contributed by atoms with van der Waals surface area (Å²) >= 11 is 0. The molecule has 6 heteroatoms. The van der Waals surface area contributed by atoms with Gasteiger partial charge in [0.25, 0.3) is 0 Å². The number of hydrogen-bond acceptors (Lipinski definition) is 3. The summed E-state index contributed by atoms with van der Waals surface area (Å²) in [4.78, 5) is 3.77. The minimum Gasteiger partial charge on any atom is -0.382 e. The Labute approximate surface area is 95.1 Å². The summed E-state index contributed by atoms with van der Waals surface area (Å²) in [6.45, 7) is 0. The average Bonchev–Trinajstić information content (AvgIpc) is 2.32. The molecule has 17 heavy (non-hydrogen) atoms. The van der Waals surface area contributed by atoms with Gasteiger partial charge >= 0.3 is 0 Å². The fraction of sp³-hybridized carbons (Fsp3) is 0. The van der Waals surface area contributed by atoms with Crippen LogP contribution in [0.5, 0.6) is 0 Å². The van der Waals surface area contributed by atoms with Crippen LogP contribution < -0.4 is 11.1 Å². The molecule has 1 aromatic carbocycles. The molecule has 0 radical (unpaired) electrons. The summed E-state index contributed by atoms with van der Waals surface area (Å²) in [6, 6.07) is 5.03. The summed E-state index contributed by atoms with van der Waals surface area (Å²) in [5.41, 5.74) is 5.63. The monoisotopic (exact) mass is 239 g/mol. The molecule has 3 nitrogen and oxygen atoms in total. The van der Waals surface area contributed by atoms with Gasteiger partial charge in [-0.2, -0.15) is 0 Å². The van der Waals surface area contributed by atoms with Crippen molar-refractivity contribution in [3.8, 4) is 0 Å². The Balaban J connectivity index is 2.38. The first-order chi connectivity index (χ1) is 8.09. The predicted molar refractivity (Wildman–Crippen MR) is 58.2 cm³/mol. The number of rotatable bonds is 2. The standard InChI is InChI=1S/C11H8F3N3/c12-6-3-4-7(10(14)9(6)13)17-8-2-1-5-16-11(8)15/h1-5,17H,(H2,15,16). The SMILES string of the molecule is Nc1ncccc1Nc1ccc(F)c(F)c1F. The molecule has 0 amide bonds. The Morgan fingerprint density at radius 2 is 1.76 bits per heavy atom. The van der Waals surface area contributed by atoms with E-state index in [1.165, 1.54) is 6.20 Å². The van der Waals surface area contributed by atoms with Gasteiger partial charge in [-0.25, -0.2) is 18.2 Å². The molecular weight excluding hydrogens is 231 g/mol. The second kappa shape index (κ2) is 4.32. The first-order valence-corrected chi connectivity index (χ1v) is 4.70. The molecule has 0 fully saturated rings. The summed E-state index contributed by atoms with van der Waals surface area (Å²) in [7, 11) is 0. The molecule has 2 aromatic rings. The second-order valence-electron chi connectivity index (χ2n) is 3.28. The van der Waals surface area contributed by atoms with E-state index >= 15 is 0 Å². The predicted octanol–water partition coefficient (Wildman–Crippen LogP) is 2.82. The van der Waals surface area contributed by atoms with Crippen molar-refractivity contribution in [1.29, 1.82) is 0 Å². The minimum atomic E-state index is -1.53. The van der Waals surface area contributed by atoms with Crippen LogP contribution in [0.2, 0.25) is 0 Å². The number of aromatic nitrogens is 1. The number of nitrogens with two attached hydrogens (primary N) is 1. The van der Waals surface area contributed by atoms with Gasteiger partial charge in [0.1, 0.15) is 5.82 Å². The lowest BCUT2D eigenvalue weighted by molar-refractivity contribution is 0.449. The van der Waals surface area contributed by atoms with Crippen LogP contribution in [0.1, 0.15) is 0 Å². The maximum atomic E-state index is 13.3. The van der Waals surface area contributed by atoms with Crippen molar-refractivity contribution in [3.63, 3.8) is 0 Å². The molecule has 0 atom stereocenters. The van der Waals surface area contributed by atoms with Crippen LogP contribution >= 0.6 is 0 Å². The number of benzene rings is 1. The molecular formula is C11H8F3N3. The number of nitrogens with one attached hydrogen (secondary N) is 1. The van der Waals surface area contributed by atoms with Gasteiger partial charge in [-0.05, 0) is 24.3 Å². The molecule has 0 aliphatic rings. The fourth-order valence-electron chi connectivity index (χ4n) is 1.29. The molecule has 0 saturated carbocycles. The van der Waals surface area contributed by atoms with Crippen LogP contribution in [0.3, 0.4) is 0 Å². The highest BCUT2D eigenvalue weighted by Crippen LogP contribution is 2.25. The number of hydrogen-bond donors (Lipinski definition) is 2. The third-order valence-electron chi connectivity index (χ3n) is 2.14. The Morgan fingerprint density at radius 1 is 1.00 bits per heavy atom. The average molecular weight is 239 g/mol. The van der Waals surface area contributed by atoms with Crippen molar-refractivity contribution >= 4 is 17.2 Å². The Bertz CT molecular complexity index is 558. The van der Waals surface area contributed by atoms with Gasteiger partial charge in [0.15, 0.2) is 17.5 Å². The van der Waals surface area contributed by atoms with E-state index in [-0.39, 0.29) is 11.5 Å². The lowest BCUT2D eigenvalue weighted by atomic mass is 10.2. The number of pyridine rings is 1. The Morgan fingerprint density at radius 3 is 2.47 bits per heavy atom. The summed E-state index contributed by atoms with van der Waals surface area (Å²) in [6.07, 6.45) is 1.46. The second-order valence-corrected chi connectivity index (χ2v) is 3.28. The number of nitrogens with zero attached hydrogens (tertiary/aromatic N) is 1. The van der Waals surface area contributed by atoms with Gasteiger partial charge < -0.3 is 11.1 Å². The molecule has 0 spiro atoms. The van der Waals surface area contributed by atoms with Crippen molar-refractivity contribution in [3.05, 3.63) is 47.9 Å². The van der Waals surface area contributed by atoms with Gasteiger partial charge in [-0.3, -0.25) is 0 Å². The van der Waals surface area contributed by atoms with Gasteiger partial charge in [0.05, 0.1) is 11.4 Å². The van der Waals surface area contributed by atoms with Gasteiger partial charge in [-0.1, -0.05) is 0 Å².